The van der Waals surface area contributed by atoms with Crippen LogP contribution in [0.2, 0.25) is 0 Å². The van der Waals surface area contributed by atoms with Gasteiger partial charge in [-0.1, -0.05) is 6.07 Å². The van der Waals surface area contributed by atoms with Crippen LogP contribution in [0.3, 0.4) is 0 Å². The third-order valence-electron chi connectivity index (χ3n) is 2.92. The van der Waals surface area contributed by atoms with E-state index in [2.05, 4.69) is 25.9 Å². The Hall–Kier alpha value is -2.15. The molecule has 0 N–H and O–H groups in total. The second-order valence-corrected chi connectivity index (χ2v) is 5.32. The number of hydrogen-bond donors (Lipinski definition) is 0. The molecular formula is C15H8BrF3N2O. The highest BCUT2D eigenvalue weighted by Gasteiger charge is 2.30. The third kappa shape index (κ3) is 3.04. The lowest BCUT2D eigenvalue weighted by Crippen LogP contribution is -2.05. The van der Waals surface area contributed by atoms with Crippen LogP contribution in [0.5, 0.6) is 11.6 Å². The highest BCUT2D eigenvalue weighted by molar-refractivity contribution is 9.10. The first-order valence-corrected chi connectivity index (χ1v) is 6.98. The molecule has 1 aromatic carbocycles. The van der Waals surface area contributed by atoms with Crippen LogP contribution in [0.4, 0.5) is 13.2 Å². The van der Waals surface area contributed by atoms with Crippen LogP contribution < -0.4 is 4.74 Å². The zero-order valence-corrected chi connectivity index (χ0v) is 12.5. The Balaban J connectivity index is 1.90. The van der Waals surface area contributed by atoms with Crippen LogP contribution in [0.1, 0.15) is 5.56 Å². The van der Waals surface area contributed by atoms with E-state index >= 15 is 0 Å². The van der Waals surface area contributed by atoms with Crippen LogP contribution in [0.15, 0.2) is 53.3 Å². The number of aromatic nitrogens is 2. The maximum absolute atomic E-state index is 12.5. The molecule has 2 heterocycles. The highest BCUT2D eigenvalue weighted by Crippen LogP contribution is 2.32. The first kappa shape index (κ1) is 14.8. The standard InChI is InChI=1S/C15H8BrF3N2O/c16-12-7-11(6-9-2-1-5-20-14(9)12)22-13-4-3-10(8-21-13)15(17,18)19/h1-8H. The molecule has 0 fully saturated rings. The van der Waals surface area contributed by atoms with Crippen LogP contribution in [0, 0.1) is 0 Å². The molecule has 0 aliphatic rings. The van der Waals surface area contributed by atoms with Gasteiger partial charge in [-0.25, -0.2) is 4.98 Å². The van der Waals surface area contributed by atoms with Gasteiger partial charge in [0.15, 0.2) is 0 Å². The van der Waals surface area contributed by atoms with Gasteiger partial charge in [0.2, 0.25) is 5.88 Å². The molecule has 0 bridgehead atoms. The van der Waals surface area contributed by atoms with E-state index in [4.69, 9.17) is 4.74 Å². The summed E-state index contributed by atoms with van der Waals surface area (Å²) in [6, 6.07) is 9.19. The molecule has 0 saturated heterocycles. The largest absolute Gasteiger partial charge is 0.439 e. The normalized spacial score (nSPS) is 11.6. The van der Waals surface area contributed by atoms with Gasteiger partial charge in [0, 0.05) is 28.3 Å². The van der Waals surface area contributed by atoms with E-state index in [1.54, 1.807) is 24.4 Å². The molecule has 0 aliphatic heterocycles. The van der Waals surface area contributed by atoms with Crippen LogP contribution in [-0.4, -0.2) is 9.97 Å². The van der Waals surface area contributed by atoms with Crippen molar-refractivity contribution in [3.05, 3.63) is 58.8 Å². The van der Waals surface area contributed by atoms with Crippen molar-refractivity contribution in [3.63, 3.8) is 0 Å². The second kappa shape index (κ2) is 5.57. The molecule has 0 radical (unpaired) electrons. The summed E-state index contributed by atoms with van der Waals surface area (Å²) >= 11 is 3.39. The molecule has 0 atom stereocenters. The van der Waals surface area contributed by atoms with Gasteiger partial charge in [0.25, 0.3) is 0 Å². The summed E-state index contributed by atoms with van der Waals surface area (Å²) < 4.78 is 43.7. The fourth-order valence-corrected chi connectivity index (χ4v) is 2.47. The molecule has 3 rings (SSSR count). The van der Waals surface area contributed by atoms with E-state index in [-0.39, 0.29) is 5.88 Å². The smallest absolute Gasteiger partial charge is 0.417 e. The summed E-state index contributed by atoms with van der Waals surface area (Å²) in [6.07, 6.45) is -2.00. The Morgan fingerprint density at radius 1 is 1.05 bits per heavy atom. The first-order valence-electron chi connectivity index (χ1n) is 6.19. The summed E-state index contributed by atoms with van der Waals surface area (Å²) in [7, 11) is 0. The van der Waals surface area contributed by atoms with Crippen molar-refractivity contribution in [3.8, 4) is 11.6 Å². The average molecular weight is 369 g/mol. The molecule has 7 heteroatoms. The fourth-order valence-electron chi connectivity index (χ4n) is 1.91. The number of pyridine rings is 2. The Morgan fingerprint density at radius 3 is 2.55 bits per heavy atom. The van der Waals surface area contributed by atoms with Crippen molar-refractivity contribution in [2.75, 3.05) is 0 Å². The van der Waals surface area contributed by atoms with E-state index in [9.17, 15) is 13.2 Å². The molecule has 0 saturated carbocycles. The van der Waals surface area contributed by atoms with Crippen molar-refractivity contribution in [2.45, 2.75) is 6.18 Å². The molecule has 112 valence electrons. The second-order valence-electron chi connectivity index (χ2n) is 4.47. The minimum Gasteiger partial charge on any atom is -0.439 e. The molecule has 0 unspecified atom stereocenters. The van der Waals surface area contributed by atoms with E-state index in [0.29, 0.717) is 5.75 Å². The SMILES string of the molecule is FC(F)(F)c1ccc(Oc2cc(Br)c3ncccc3c2)nc1. The number of fused-ring (bicyclic) bond motifs is 1. The Bertz CT molecular complexity index is 819. The lowest BCUT2D eigenvalue weighted by molar-refractivity contribution is -0.137. The molecule has 0 aliphatic carbocycles. The molecule has 2 aromatic heterocycles. The van der Waals surface area contributed by atoms with Gasteiger partial charge in [-0.2, -0.15) is 13.2 Å². The van der Waals surface area contributed by atoms with Crippen LogP contribution >= 0.6 is 15.9 Å². The van der Waals surface area contributed by atoms with Crippen LogP contribution in [-0.2, 0) is 6.18 Å². The zero-order valence-electron chi connectivity index (χ0n) is 10.9. The first-order chi connectivity index (χ1) is 10.4. The minimum atomic E-state index is -4.41. The lowest BCUT2D eigenvalue weighted by Gasteiger charge is -2.09. The molecule has 22 heavy (non-hydrogen) atoms. The third-order valence-corrected chi connectivity index (χ3v) is 3.52. The van der Waals surface area contributed by atoms with Gasteiger partial charge in [0.05, 0.1) is 11.1 Å². The summed E-state index contributed by atoms with van der Waals surface area (Å²) in [5.41, 5.74) is -0.0426. The number of ether oxygens (including phenoxy) is 1. The monoisotopic (exact) mass is 368 g/mol. The summed E-state index contributed by atoms with van der Waals surface area (Å²) in [5.74, 6) is 0.544. The average Bonchev–Trinajstić information content (AvgIpc) is 2.47. The lowest BCUT2D eigenvalue weighted by atomic mass is 10.2. The minimum absolute atomic E-state index is 0.0862. The van der Waals surface area contributed by atoms with Crippen molar-refractivity contribution in [1.29, 1.82) is 0 Å². The van der Waals surface area contributed by atoms with Gasteiger partial charge in [-0.3, -0.25) is 4.98 Å². The number of benzene rings is 1. The number of halogens is 4. The molecule has 3 aromatic rings. The van der Waals surface area contributed by atoms with Crippen molar-refractivity contribution in [1.82, 2.24) is 9.97 Å². The number of nitrogens with zero attached hydrogens (tertiary/aromatic N) is 2. The number of alkyl halides is 3. The van der Waals surface area contributed by atoms with E-state index in [1.165, 1.54) is 6.07 Å². The molecule has 0 spiro atoms. The maximum atomic E-state index is 12.5. The van der Waals surface area contributed by atoms with Crippen molar-refractivity contribution in [2.24, 2.45) is 0 Å². The number of hydrogen-bond acceptors (Lipinski definition) is 3. The molecular weight excluding hydrogens is 361 g/mol. The van der Waals surface area contributed by atoms with Gasteiger partial charge in [-0.15, -0.1) is 0 Å². The van der Waals surface area contributed by atoms with Crippen molar-refractivity contribution < 1.29 is 17.9 Å². The van der Waals surface area contributed by atoms with E-state index in [1.807, 2.05) is 6.07 Å². The zero-order chi connectivity index (χ0) is 15.7. The van der Waals surface area contributed by atoms with Crippen molar-refractivity contribution >= 4 is 26.8 Å². The fraction of sp³-hybridized carbons (Fsp3) is 0.0667. The van der Waals surface area contributed by atoms with E-state index < -0.39 is 11.7 Å². The Labute approximate surface area is 131 Å². The maximum Gasteiger partial charge on any atom is 0.417 e. The van der Waals surface area contributed by atoms with Gasteiger partial charge < -0.3 is 4.74 Å². The molecule has 3 nitrogen and oxygen atoms in total. The predicted molar refractivity (Wildman–Crippen MR) is 78.8 cm³/mol. The summed E-state index contributed by atoms with van der Waals surface area (Å²) in [4.78, 5) is 7.90. The Kier molecular flexibility index (Phi) is 3.74. The predicted octanol–water partition coefficient (Wildman–Crippen LogP) is 5.20. The topological polar surface area (TPSA) is 35.0 Å². The van der Waals surface area contributed by atoms with Gasteiger partial charge in [0.1, 0.15) is 5.75 Å². The number of rotatable bonds is 2. The van der Waals surface area contributed by atoms with Gasteiger partial charge >= 0.3 is 6.18 Å². The quantitative estimate of drug-likeness (QED) is 0.623. The Morgan fingerprint density at radius 2 is 1.86 bits per heavy atom. The van der Waals surface area contributed by atoms with Crippen LogP contribution in [0.25, 0.3) is 10.9 Å². The summed E-state index contributed by atoms with van der Waals surface area (Å²) in [5, 5.41) is 0.846. The summed E-state index contributed by atoms with van der Waals surface area (Å²) in [6.45, 7) is 0. The van der Waals surface area contributed by atoms with Gasteiger partial charge in [-0.05, 0) is 40.2 Å². The van der Waals surface area contributed by atoms with E-state index in [0.717, 1.165) is 27.6 Å². The molecule has 0 amide bonds. The highest BCUT2D eigenvalue weighted by atomic mass is 79.9.